The summed E-state index contributed by atoms with van der Waals surface area (Å²) in [5.41, 5.74) is 1.04. The molecule has 1 aromatic rings. The molecule has 0 radical (unpaired) electrons. The number of para-hydroxylation sites is 1. The molecule has 5 heteroatoms. The van der Waals surface area contributed by atoms with E-state index >= 15 is 0 Å². The van der Waals surface area contributed by atoms with Gasteiger partial charge in [-0.05, 0) is 13.1 Å². The number of phenolic OH excluding ortho intramolecular Hbond substituents is 1. The van der Waals surface area contributed by atoms with Crippen molar-refractivity contribution in [1.82, 2.24) is 19.6 Å². The molecule has 0 saturated carbocycles. The second-order valence-corrected chi connectivity index (χ2v) is 6.89. The van der Waals surface area contributed by atoms with Crippen LogP contribution in [0.15, 0.2) is 24.3 Å². The first-order valence-corrected chi connectivity index (χ1v) is 8.83. The number of likely N-dealkylation sites (N-methyl/N-ethyl adjacent to an activating group) is 1. The van der Waals surface area contributed by atoms with Crippen LogP contribution in [0.2, 0.25) is 0 Å². The van der Waals surface area contributed by atoms with Crippen LogP contribution >= 0.6 is 0 Å². The van der Waals surface area contributed by atoms with Gasteiger partial charge in [0.15, 0.2) is 0 Å². The minimum Gasteiger partial charge on any atom is -0.508 e. The Balaban J connectivity index is 1.66. The lowest BCUT2D eigenvalue weighted by molar-refractivity contribution is 0.183. The monoisotopic (exact) mass is 318 g/mol. The maximum atomic E-state index is 10.0. The lowest BCUT2D eigenvalue weighted by Gasteiger charge is -2.28. The van der Waals surface area contributed by atoms with Crippen molar-refractivity contribution in [1.29, 1.82) is 0 Å². The Morgan fingerprint density at radius 1 is 0.783 bits per heavy atom. The number of hydrogen-bond acceptors (Lipinski definition) is 5. The zero-order chi connectivity index (χ0) is 16.1. The third-order valence-corrected chi connectivity index (χ3v) is 5.18. The second kappa shape index (κ2) is 8.11. The Hall–Kier alpha value is -1.14. The molecule has 2 heterocycles. The first kappa shape index (κ1) is 16.7. The Kier molecular flexibility index (Phi) is 5.89. The van der Waals surface area contributed by atoms with Gasteiger partial charge in [0.25, 0.3) is 0 Å². The van der Waals surface area contributed by atoms with E-state index in [9.17, 15) is 5.11 Å². The molecule has 0 amide bonds. The quantitative estimate of drug-likeness (QED) is 0.870. The number of hydrogen-bond donors (Lipinski definition) is 1. The van der Waals surface area contributed by atoms with Gasteiger partial charge in [-0.2, -0.15) is 0 Å². The van der Waals surface area contributed by atoms with Crippen molar-refractivity contribution < 1.29 is 5.11 Å². The zero-order valence-corrected chi connectivity index (χ0v) is 14.3. The molecule has 1 aromatic carbocycles. The maximum Gasteiger partial charge on any atom is 0.120 e. The van der Waals surface area contributed by atoms with Crippen LogP contribution in [0.1, 0.15) is 5.56 Å². The van der Waals surface area contributed by atoms with Crippen LogP contribution < -0.4 is 0 Å². The van der Waals surface area contributed by atoms with Crippen molar-refractivity contribution in [3.8, 4) is 5.75 Å². The Bertz CT molecular complexity index is 476. The van der Waals surface area contributed by atoms with Crippen molar-refractivity contribution >= 4 is 0 Å². The van der Waals surface area contributed by atoms with Gasteiger partial charge in [-0.15, -0.1) is 0 Å². The second-order valence-electron chi connectivity index (χ2n) is 6.89. The van der Waals surface area contributed by atoms with E-state index in [1.54, 1.807) is 6.07 Å². The van der Waals surface area contributed by atoms with Crippen LogP contribution in [0.4, 0.5) is 0 Å². The lowest BCUT2D eigenvalue weighted by Crippen LogP contribution is -2.40. The van der Waals surface area contributed by atoms with Gasteiger partial charge in [0, 0.05) is 77.6 Å². The van der Waals surface area contributed by atoms with Gasteiger partial charge in [0.1, 0.15) is 5.75 Å². The van der Waals surface area contributed by atoms with E-state index in [0.717, 1.165) is 64.5 Å². The van der Waals surface area contributed by atoms with E-state index in [-0.39, 0.29) is 0 Å². The largest absolute Gasteiger partial charge is 0.508 e. The van der Waals surface area contributed by atoms with Gasteiger partial charge in [-0.3, -0.25) is 14.7 Å². The van der Waals surface area contributed by atoms with E-state index in [2.05, 4.69) is 26.6 Å². The number of benzene rings is 1. The number of aromatic hydroxyl groups is 1. The standard InChI is InChI=1S/C18H30N4O/c1-19-6-8-20-10-11-21(9-7-19)13-15-22(14-12-20)16-17-4-2-3-5-18(17)23/h2-5,23H,6-16H2,1H3. The molecular formula is C18H30N4O. The summed E-state index contributed by atoms with van der Waals surface area (Å²) < 4.78 is 0. The highest BCUT2D eigenvalue weighted by molar-refractivity contribution is 5.31. The number of fused-ring (bicyclic) bond motifs is 3. The Labute approximate surface area is 140 Å². The first-order valence-electron chi connectivity index (χ1n) is 8.83. The van der Waals surface area contributed by atoms with Gasteiger partial charge in [0.05, 0.1) is 0 Å². The SMILES string of the molecule is CN1CCN2CCN(CC1)CCN(Cc1ccccc1O)CC2. The predicted octanol–water partition coefficient (Wildman–Crippen LogP) is 0.757. The molecule has 0 spiro atoms. The van der Waals surface area contributed by atoms with E-state index in [4.69, 9.17) is 0 Å². The van der Waals surface area contributed by atoms with E-state index in [1.165, 1.54) is 13.1 Å². The Morgan fingerprint density at radius 2 is 1.30 bits per heavy atom. The molecule has 1 N–H and O–H groups in total. The minimum atomic E-state index is 0.420. The van der Waals surface area contributed by atoms with Gasteiger partial charge in [-0.1, -0.05) is 18.2 Å². The highest BCUT2D eigenvalue weighted by atomic mass is 16.3. The molecule has 5 nitrogen and oxygen atoms in total. The van der Waals surface area contributed by atoms with Crippen LogP contribution in [-0.4, -0.2) is 97.2 Å². The minimum absolute atomic E-state index is 0.420. The van der Waals surface area contributed by atoms with Crippen molar-refractivity contribution in [2.24, 2.45) is 0 Å². The van der Waals surface area contributed by atoms with Crippen molar-refractivity contribution in [3.05, 3.63) is 29.8 Å². The molecule has 128 valence electrons. The fourth-order valence-electron chi connectivity index (χ4n) is 3.41. The molecule has 3 rings (SSSR count). The smallest absolute Gasteiger partial charge is 0.120 e. The number of phenols is 1. The molecule has 0 aromatic heterocycles. The zero-order valence-electron chi connectivity index (χ0n) is 14.3. The van der Waals surface area contributed by atoms with Crippen molar-refractivity contribution in [2.75, 3.05) is 72.5 Å². The maximum absolute atomic E-state index is 10.0. The van der Waals surface area contributed by atoms with Crippen LogP contribution in [0.5, 0.6) is 5.75 Å². The summed E-state index contributed by atoms with van der Waals surface area (Å²) in [4.78, 5) is 10.1. The molecule has 2 aliphatic heterocycles. The predicted molar refractivity (Wildman–Crippen MR) is 93.8 cm³/mol. The fraction of sp³-hybridized carbons (Fsp3) is 0.667. The summed E-state index contributed by atoms with van der Waals surface area (Å²) in [5, 5.41) is 10.0. The molecule has 2 bridgehead atoms. The van der Waals surface area contributed by atoms with Crippen LogP contribution in [0.25, 0.3) is 0 Å². The first-order chi connectivity index (χ1) is 11.2. The topological polar surface area (TPSA) is 33.2 Å². The number of rotatable bonds is 2. The van der Waals surface area contributed by atoms with Gasteiger partial charge >= 0.3 is 0 Å². The molecule has 2 aliphatic rings. The summed E-state index contributed by atoms with van der Waals surface area (Å²) in [6.45, 7) is 12.2. The molecule has 23 heavy (non-hydrogen) atoms. The summed E-state index contributed by atoms with van der Waals surface area (Å²) >= 11 is 0. The molecule has 2 fully saturated rings. The third-order valence-electron chi connectivity index (χ3n) is 5.18. The molecule has 2 unspecified atom stereocenters. The van der Waals surface area contributed by atoms with E-state index in [0.29, 0.717) is 5.75 Å². The van der Waals surface area contributed by atoms with E-state index < -0.39 is 0 Å². The summed E-state index contributed by atoms with van der Waals surface area (Å²) in [7, 11) is 2.23. The molecule has 2 saturated heterocycles. The highest BCUT2D eigenvalue weighted by Crippen LogP contribution is 2.18. The molecular weight excluding hydrogens is 288 g/mol. The lowest BCUT2D eigenvalue weighted by atomic mass is 10.2. The third kappa shape index (κ3) is 4.91. The van der Waals surface area contributed by atoms with Crippen LogP contribution in [0, 0.1) is 0 Å². The van der Waals surface area contributed by atoms with Crippen LogP contribution in [-0.2, 0) is 6.54 Å². The van der Waals surface area contributed by atoms with Gasteiger partial charge in [0.2, 0.25) is 0 Å². The van der Waals surface area contributed by atoms with Crippen molar-refractivity contribution in [3.63, 3.8) is 0 Å². The van der Waals surface area contributed by atoms with Gasteiger partial charge < -0.3 is 10.0 Å². The fourth-order valence-corrected chi connectivity index (χ4v) is 3.41. The highest BCUT2D eigenvalue weighted by Gasteiger charge is 2.19. The number of nitrogens with zero attached hydrogens (tertiary/aromatic N) is 4. The van der Waals surface area contributed by atoms with E-state index in [1.807, 2.05) is 18.2 Å². The normalized spacial score (nSPS) is 28.2. The van der Waals surface area contributed by atoms with Gasteiger partial charge in [-0.25, -0.2) is 0 Å². The van der Waals surface area contributed by atoms with Crippen molar-refractivity contribution in [2.45, 2.75) is 6.54 Å². The molecule has 0 aliphatic carbocycles. The average molecular weight is 318 g/mol. The summed E-state index contributed by atoms with van der Waals surface area (Å²) in [5.74, 6) is 0.420. The molecule has 2 atom stereocenters. The summed E-state index contributed by atoms with van der Waals surface area (Å²) in [6.07, 6.45) is 0. The van der Waals surface area contributed by atoms with Crippen LogP contribution in [0.3, 0.4) is 0 Å². The summed E-state index contributed by atoms with van der Waals surface area (Å²) in [6, 6.07) is 7.73. The average Bonchev–Trinajstić information content (AvgIpc) is 2.69. The Morgan fingerprint density at radius 3 is 1.91 bits per heavy atom.